The molecule has 0 radical (unpaired) electrons. The summed E-state index contributed by atoms with van der Waals surface area (Å²) in [6, 6.07) is 0. The zero-order chi connectivity index (χ0) is 23.5. The highest BCUT2D eigenvalue weighted by Gasteiger charge is 2.29. The van der Waals surface area contributed by atoms with E-state index >= 15 is 0 Å². The van der Waals surface area contributed by atoms with E-state index in [0.29, 0.717) is 6.42 Å². The number of hydrogen-bond donors (Lipinski definition) is 0. The molecule has 0 heterocycles. The molecule has 0 aromatic rings. The van der Waals surface area contributed by atoms with Crippen molar-refractivity contribution >= 4 is 20.1 Å². The van der Waals surface area contributed by atoms with Gasteiger partial charge in [-0.3, -0.25) is 9.59 Å². The first kappa shape index (κ1) is 30.1. The first-order chi connectivity index (χ1) is 14.7. The van der Waals surface area contributed by atoms with Crippen LogP contribution in [0.1, 0.15) is 104 Å². The fraction of sp³-hybridized carbons (Fsp3) is 0.846. The highest BCUT2D eigenvalue weighted by molar-refractivity contribution is 6.69. The van der Waals surface area contributed by atoms with Gasteiger partial charge in [-0.2, -0.15) is 0 Å². The number of allylic oxidation sites excluding steroid dienone is 1. The largest absolute Gasteiger partial charge is 0.468 e. The molecule has 0 spiro atoms. The van der Waals surface area contributed by atoms with Gasteiger partial charge in [0.05, 0.1) is 13.2 Å². The quantitative estimate of drug-likeness (QED) is 0.0624. The number of methoxy groups -OCH3 is 1. The second-order valence-corrected chi connectivity index (χ2v) is 14.2. The Morgan fingerprint density at radius 3 is 1.90 bits per heavy atom. The Hall–Kier alpha value is -0.943. The van der Waals surface area contributed by atoms with Gasteiger partial charge in [-0.15, -0.1) is 0 Å². The molecule has 0 fully saturated rings. The molecule has 0 amide bonds. The van der Waals surface area contributed by atoms with E-state index in [4.69, 9.17) is 9.16 Å². The average Bonchev–Trinajstić information content (AvgIpc) is 2.70. The number of rotatable bonds is 20. The third kappa shape index (κ3) is 17.3. The highest BCUT2D eigenvalue weighted by atomic mass is 28.4. The van der Waals surface area contributed by atoms with Gasteiger partial charge in [-0.25, -0.2) is 0 Å². The molecule has 182 valence electrons. The number of esters is 1. The minimum absolute atomic E-state index is 0.0845. The van der Waals surface area contributed by atoms with E-state index in [9.17, 15) is 9.59 Å². The van der Waals surface area contributed by atoms with Crippen molar-refractivity contribution in [1.82, 2.24) is 0 Å². The van der Waals surface area contributed by atoms with Crippen molar-refractivity contribution in [3.8, 4) is 0 Å². The van der Waals surface area contributed by atoms with Crippen molar-refractivity contribution in [2.24, 2.45) is 5.92 Å². The zero-order valence-corrected chi connectivity index (χ0v) is 22.3. The number of ether oxygens (including phenoxy) is 1. The van der Waals surface area contributed by atoms with Crippen LogP contribution in [0, 0.1) is 5.92 Å². The van der Waals surface area contributed by atoms with Gasteiger partial charge in [-0.05, 0) is 32.5 Å². The fourth-order valence-corrected chi connectivity index (χ4v) is 4.94. The van der Waals surface area contributed by atoms with Gasteiger partial charge in [0.15, 0.2) is 14.1 Å². The van der Waals surface area contributed by atoms with Gasteiger partial charge in [-0.1, -0.05) is 96.6 Å². The number of hydrogen-bond acceptors (Lipinski definition) is 4. The summed E-state index contributed by atoms with van der Waals surface area (Å²) in [6.45, 7) is 10.8. The normalized spacial score (nSPS) is 14.0. The van der Waals surface area contributed by atoms with E-state index in [-0.39, 0.29) is 11.9 Å². The number of carbonyl (C=O) groups excluding carboxylic acids is 2. The Morgan fingerprint density at radius 2 is 1.39 bits per heavy atom. The molecule has 0 saturated carbocycles. The van der Waals surface area contributed by atoms with Crippen molar-refractivity contribution in [3.63, 3.8) is 0 Å². The molecule has 0 aromatic heterocycles. The molecule has 5 heteroatoms. The first-order valence-electron chi connectivity index (χ1n) is 12.7. The molecule has 2 unspecified atom stereocenters. The summed E-state index contributed by atoms with van der Waals surface area (Å²) in [4.78, 5) is 25.1. The maximum Gasteiger partial charge on any atom is 0.320 e. The SMILES string of the molecule is CCCCC=CC(C(=O)CC(CCCCCCCCCCC)O[Si](C)(C)C)C(=O)OC. The molecule has 0 aromatic carbocycles. The number of Topliss-reactive ketones (excluding diaryl/α,β-unsaturated/α-hetero) is 1. The maximum atomic E-state index is 12.9. The summed E-state index contributed by atoms with van der Waals surface area (Å²) < 4.78 is 11.2. The Kier molecular flexibility index (Phi) is 18.0. The van der Waals surface area contributed by atoms with E-state index in [0.717, 1.165) is 32.1 Å². The van der Waals surface area contributed by atoms with Crippen LogP contribution in [0.4, 0.5) is 0 Å². The molecule has 2 atom stereocenters. The van der Waals surface area contributed by atoms with E-state index < -0.39 is 20.2 Å². The Balaban J connectivity index is 4.65. The van der Waals surface area contributed by atoms with Gasteiger partial charge in [0, 0.05) is 6.42 Å². The van der Waals surface area contributed by atoms with Crippen LogP contribution in [0.15, 0.2) is 12.2 Å². The van der Waals surface area contributed by atoms with E-state index in [2.05, 4.69) is 33.5 Å². The van der Waals surface area contributed by atoms with Crippen LogP contribution < -0.4 is 0 Å². The van der Waals surface area contributed by atoms with Crippen LogP contribution in [0.25, 0.3) is 0 Å². The standard InChI is InChI=1S/C26H50O4Si/c1-7-9-11-13-14-15-16-17-18-20-23(30-31(4,5)6)22-25(27)24(26(28)29-3)21-19-12-10-8-2/h19,21,23-24H,7-18,20,22H2,1-6H3. The van der Waals surface area contributed by atoms with Crippen LogP contribution in [0.5, 0.6) is 0 Å². The van der Waals surface area contributed by atoms with Gasteiger partial charge in [0.1, 0.15) is 5.92 Å². The van der Waals surface area contributed by atoms with Gasteiger partial charge >= 0.3 is 5.97 Å². The minimum atomic E-state index is -1.77. The monoisotopic (exact) mass is 454 g/mol. The van der Waals surface area contributed by atoms with Gasteiger partial charge < -0.3 is 9.16 Å². The lowest BCUT2D eigenvalue weighted by Gasteiger charge is -2.27. The molecule has 0 N–H and O–H groups in total. The van der Waals surface area contributed by atoms with Crippen LogP contribution in [-0.2, 0) is 18.8 Å². The Bertz CT molecular complexity index is 496. The summed E-state index contributed by atoms with van der Waals surface area (Å²) in [5.41, 5.74) is 0. The molecular weight excluding hydrogens is 404 g/mol. The van der Waals surface area contributed by atoms with Crippen molar-refractivity contribution in [2.45, 2.75) is 129 Å². The lowest BCUT2D eigenvalue weighted by molar-refractivity contribution is -0.147. The van der Waals surface area contributed by atoms with Gasteiger partial charge in [0.2, 0.25) is 0 Å². The minimum Gasteiger partial charge on any atom is -0.468 e. The fourth-order valence-electron chi connectivity index (χ4n) is 3.74. The summed E-state index contributed by atoms with van der Waals surface area (Å²) in [5, 5.41) is 0. The molecule has 0 saturated heterocycles. The Morgan fingerprint density at radius 1 is 0.839 bits per heavy atom. The molecular formula is C26H50O4Si. The first-order valence-corrected chi connectivity index (χ1v) is 16.1. The number of ketones is 1. The van der Waals surface area contributed by atoms with E-state index in [1.54, 1.807) is 6.08 Å². The van der Waals surface area contributed by atoms with Crippen LogP contribution in [-0.4, -0.2) is 33.3 Å². The molecule has 0 aliphatic carbocycles. The van der Waals surface area contributed by atoms with Crippen LogP contribution >= 0.6 is 0 Å². The van der Waals surface area contributed by atoms with E-state index in [1.165, 1.54) is 58.5 Å². The average molecular weight is 455 g/mol. The van der Waals surface area contributed by atoms with Crippen molar-refractivity contribution < 1.29 is 18.8 Å². The predicted octanol–water partition coefficient (Wildman–Crippen LogP) is 7.62. The van der Waals surface area contributed by atoms with Crippen molar-refractivity contribution in [2.75, 3.05) is 7.11 Å². The summed E-state index contributed by atoms with van der Waals surface area (Å²) in [7, 11) is -0.426. The molecule has 0 bridgehead atoms. The highest BCUT2D eigenvalue weighted by Crippen LogP contribution is 2.20. The summed E-state index contributed by atoms with van der Waals surface area (Å²) in [6.07, 6.45) is 19.3. The molecule has 31 heavy (non-hydrogen) atoms. The zero-order valence-electron chi connectivity index (χ0n) is 21.3. The molecule has 0 aliphatic heterocycles. The maximum absolute atomic E-state index is 12.9. The second-order valence-electron chi connectivity index (χ2n) is 9.71. The molecule has 0 rings (SSSR count). The van der Waals surface area contributed by atoms with E-state index in [1.807, 2.05) is 6.08 Å². The van der Waals surface area contributed by atoms with Crippen LogP contribution in [0.3, 0.4) is 0 Å². The third-order valence-electron chi connectivity index (χ3n) is 5.43. The second kappa shape index (κ2) is 18.6. The lowest BCUT2D eigenvalue weighted by atomic mass is 9.95. The van der Waals surface area contributed by atoms with Crippen molar-refractivity contribution in [3.05, 3.63) is 12.2 Å². The smallest absolute Gasteiger partial charge is 0.320 e. The molecule has 0 aliphatic rings. The van der Waals surface area contributed by atoms with Gasteiger partial charge in [0.25, 0.3) is 0 Å². The van der Waals surface area contributed by atoms with Crippen molar-refractivity contribution in [1.29, 1.82) is 0 Å². The summed E-state index contributed by atoms with van der Waals surface area (Å²) in [5.74, 6) is -1.36. The topological polar surface area (TPSA) is 52.6 Å². The number of unbranched alkanes of at least 4 members (excludes halogenated alkanes) is 10. The predicted molar refractivity (Wildman–Crippen MR) is 134 cm³/mol. The van der Waals surface area contributed by atoms with Crippen LogP contribution in [0.2, 0.25) is 19.6 Å². The molecule has 4 nitrogen and oxygen atoms in total. The Labute approximate surface area is 193 Å². The number of carbonyl (C=O) groups is 2. The summed E-state index contributed by atoms with van der Waals surface area (Å²) >= 11 is 0. The lowest BCUT2D eigenvalue weighted by Crippen LogP contribution is -2.35. The third-order valence-corrected chi connectivity index (χ3v) is 6.47.